The van der Waals surface area contributed by atoms with Gasteiger partial charge < -0.3 is 24.6 Å². The number of hydrogen-bond donors (Lipinski definition) is 2. The molecule has 0 radical (unpaired) electrons. The minimum atomic E-state index is -0.995. The maximum atomic E-state index is 11.3. The highest BCUT2D eigenvalue weighted by Crippen LogP contribution is 2.37. The van der Waals surface area contributed by atoms with Gasteiger partial charge in [0.2, 0.25) is 0 Å². The molecule has 162 valence electrons. The first-order chi connectivity index (χ1) is 14.9. The summed E-state index contributed by atoms with van der Waals surface area (Å²) < 4.78 is 17.7. The maximum absolute atomic E-state index is 11.3. The molecule has 0 atom stereocenters. The largest absolute Gasteiger partial charge is 0.495 e. The number of aromatic carboxylic acids is 1. The molecule has 0 bridgehead atoms. The topological polar surface area (TPSA) is 77.0 Å². The Kier molecular flexibility index (Phi) is 7.41. The van der Waals surface area contributed by atoms with Gasteiger partial charge in [-0.3, -0.25) is 0 Å². The van der Waals surface area contributed by atoms with E-state index in [2.05, 4.69) is 27.3 Å². The second kappa shape index (κ2) is 10.2. The number of carbonyl (C=O) groups is 1. The highest BCUT2D eigenvalue weighted by atomic mass is 79.9. The van der Waals surface area contributed by atoms with E-state index in [9.17, 15) is 9.90 Å². The Bertz CT molecular complexity index is 1080. The smallest absolute Gasteiger partial charge is 0.335 e. The van der Waals surface area contributed by atoms with Gasteiger partial charge >= 0.3 is 5.97 Å². The summed E-state index contributed by atoms with van der Waals surface area (Å²) in [6.45, 7) is 2.91. The molecule has 0 aliphatic heterocycles. The van der Waals surface area contributed by atoms with Gasteiger partial charge in [-0.15, -0.1) is 0 Å². The molecular weight excluding hydrogens is 462 g/mol. The molecular formula is C24H24BrNO5. The third kappa shape index (κ3) is 5.70. The minimum absolute atomic E-state index is 0.182. The van der Waals surface area contributed by atoms with Crippen molar-refractivity contribution in [3.63, 3.8) is 0 Å². The number of benzene rings is 3. The average Bonchev–Trinajstić information content (AvgIpc) is 2.76. The summed E-state index contributed by atoms with van der Waals surface area (Å²) in [5.74, 6) is 0.794. The quantitative estimate of drug-likeness (QED) is 0.406. The van der Waals surface area contributed by atoms with E-state index in [1.807, 2.05) is 37.3 Å². The summed E-state index contributed by atoms with van der Waals surface area (Å²) >= 11 is 3.58. The number of carboxylic acids is 1. The van der Waals surface area contributed by atoms with Gasteiger partial charge in [0, 0.05) is 6.54 Å². The minimum Gasteiger partial charge on any atom is -0.495 e. The van der Waals surface area contributed by atoms with Crippen LogP contribution in [0.2, 0.25) is 0 Å². The number of anilines is 1. The van der Waals surface area contributed by atoms with Crippen LogP contribution in [0.4, 0.5) is 5.69 Å². The Balaban J connectivity index is 1.77. The third-order valence-electron chi connectivity index (χ3n) is 4.68. The van der Waals surface area contributed by atoms with E-state index < -0.39 is 5.97 Å². The van der Waals surface area contributed by atoms with Crippen molar-refractivity contribution in [2.24, 2.45) is 0 Å². The molecule has 0 amide bonds. The molecule has 0 unspecified atom stereocenters. The molecule has 0 aromatic heterocycles. The van der Waals surface area contributed by atoms with Crippen LogP contribution in [-0.4, -0.2) is 25.3 Å². The van der Waals surface area contributed by atoms with E-state index in [0.29, 0.717) is 36.1 Å². The van der Waals surface area contributed by atoms with Crippen molar-refractivity contribution in [1.82, 2.24) is 0 Å². The number of ether oxygens (including phenoxy) is 3. The van der Waals surface area contributed by atoms with Crippen molar-refractivity contribution in [3.05, 3.63) is 81.3 Å². The molecule has 0 saturated heterocycles. The van der Waals surface area contributed by atoms with E-state index in [1.54, 1.807) is 26.4 Å². The molecule has 0 heterocycles. The lowest BCUT2D eigenvalue weighted by Crippen LogP contribution is -2.05. The molecule has 3 aromatic carbocycles. The molecule has 3 rings (SSSR count). The lowest BCUT2D eigenvalue weighted by Gasteiger charge is -2.16. The Hall–Kier alpha value is -3.19. The van der Waals surface area contributed by atoms with Gasteiger partial charge in [-0.25, -0.2) is 4.79 Å². The molecule has 3 aromatic rings. The van der Waals surface area contributed by atoms with Crippen LogP contribution in [0.1, 0.15) is 27.0 Å². The van der Waals surface area contributed by atoms with Crippen LogP contribution in [0.5, 0.6) is 17.2 Å². The first-order valence-corrected chi connectivity index (χ1v) is 10.4. The zero-order valence-electron chi connectivity index (χ0n) is 17.6. The van der Waals surface area contributed by atoms with Gasteiger partial charge in [-0.1, -0.05) is 29.8 Å². The number of rotatable bonds is 9. The second-order valence-electron chi connectivity index (χ2n) is 6.96. The average molecular weight is 486 g/mol. The molecule has 31 heavy (non-hydrogen) atoms. The molecule has 2 N–H and O–H groups in total. The summed E-state index contributed by atoms with van der Waals surface area (Å²) in [6, 6.07) is 16.7. The molecule has 6 nitrogen and oxygen atoms in total. The van der Waals surface area contributed by atoms with Crippen molar-refractivity contribution in [3.8, 4) is 17.2 Å². The SMILES string of the molecule is COc1ccc(C(=O)O)cc1NCc1cc(Br)c(OCc2cccc(C)c2)c(OC)c1. The Morgan fingerprint density at radius 2 is 1.77 bits per heavy atom. The van der Waals surface area contributed by atoms with Crippen molar-refractivity contribution in [2.75, 3.05) is 19.5 Å². The Morgan fingerprint density at radius 3 is 2.45 bits per heavy atom. The fourth-order valence-electron chi connectivity index (χ4n) is 3.15. The van der Waals surface area contributed by atoms with Gasteiger partial charge in [0.1, 0.15) is 12.4 Å². The first-order valence-electron chi connectivity index (χ1n) is 9.61. The van der Waals surface area contributed by atoms with Crippen molar-refractivity contribution in [2.45, 2.75) is 20.1 Å². The van der Waals surface area contributed by atoms with Crippen LogP contribution in [0.3, 0.4) is 0 Å². The van der Waals surface area contributed by atoms with E-state index in [0.717, 1.165) is 15.6 Å². The monoisotopic (exact) mass is 485 g/mol. The normalized spacial score (nSPS) is 10.5. The number of nitrogens with one attached hydrogen (secondary N) is 1. The number of halogens is 1. The number of carboxylic acid groups (broad SMARTS) is 1. The zero-order valence-corrected chi connectivity index (χ0v) is 19.2. The van der Waals surface area contributed by atoms with Crippen LogP contribution in [-0.2, 0) is 13.2 Å². The van der Waals surface area contributed by atoms with Gasteiger partial charge in [0.25, 0.3) is 0 Å². The summed E-state index contributed by atoms with van der Waals surface area (Å²) in [7, 11) is 3.14. The van der Waals surface area contributed by atoms with E-state index in [-0.39, 0.29) is 5.56 Å². The molecule has 0 aliphatic carbocycles. The molecule has 0 spiro atoms. The fourth-order valence-corrected chi connectivity index (χ4v) is 3.75. The number of methoxy groups -OCH3 is 2. The summed E-state index contributed by atoms with van der Waals surface area (Å²) in [6.07, 6.45) is 0. The lowest BCUT2D eigenvalue weighted by atomic mass is 10.1. The Labute approximate surface area is 189 Å². The van der Waals surface area contributed by atoms with Gasteiger partial charge in [0.05, 0.1) is 29.9 Å². The summed E-state index contributed by atoms with van der Waals surface area (Å²) in [4.78, 5) is 11.3. The van der Waals surface area contributed by atoms with Gasteiger partial charge in [-0.2, -0.15) is 0 Å². The van der Waals surface area contributed by atoms with Crippen molar-refractivity contribution in [1.29, 1.82) is 0 Å². The van der Waals surface area contributed by atoms with Crippen LogP contribution in [0.25, 0.3) is 0 Å². The van der Waals surface area contributed by atoms with E-state index >= 15 is 0 Å². The van der Waals surface area contributed by atoms with Crippen LogP contribution in [0, 0.1) is 6.92 Å². The zero-order chi connectivity index (χ0) is 22.4. The predicted octanol–water partition coefficient (Wildman–Crippen LogP) is 5.66. The standard InChI is InChI=1S/C24H24BrNO5/c1-15-5-4-6-16(9-15)14-31-23-19(25)10-17(11-22(23)30-3)13-26-20-12-18(24(27)28)7-8-21(20)29-2/h4-12,26H,13-14H2,1-3H3,(H,27,28). The second-order valence-corrected chi connectivity index (χ2v) is 7.81. The summed E-state index contributed by atoms with van der Waals surface area (Å²) in [5, 5.41) is 12.5. The molecule has 0 fully saturated rings. The van der Waals surface area contributed by atoms with Crippen LogP contribution in [0.15, 0.2) is 59.1 Å². The van der Waals surface area contributed by atoms with E-state index in [1.165, 1.54) is 11.6 Å². The highest BCUT2D eigenvalue weighted by molar-refractivity contribution is 9.10. The predicted molar refractivity (Wildman–Crippen MR) is 123 cm³/mol. The van der Waals surface area contributed by atoms with Gasteiger partial charge in [0.15, 0.2) is 11.5 Å². The highest BCUT2D eigenvalue weighted by Gasteiger charge is 2.14. The molecule has 0 aliphatic rings. The first kappa shape index (κ1) is 22.5. The Morgan fingerprint density at radius 1 is 1.00 bits per heavy atom. The molecule has 7 heteroatoms. The lowest BCUT2D eigenvalue weighted by molar-refractivity contribution is 0.0697. The number of hydrogen-bond acceptors (Lipinski definition) is 5. The van der Waals surface area contributed by atoms with Gasteiger partial charge in [-0.05, 0) is 64.3 Å². The summed E-state index contributed by atoms with van der Waals surface area (Å²) in [5.41, 5.74) is 3.95. The van der Waals surface area contributed by atoms with Crippen LogP contribution < -0.4 is 19.5 Å². The maximum Gasteiger partial charge on any atom is 0.335 e. The number of aryl methyl sites for hydroxylation is 1. The van der Waals surface area contributed by atoms with Crippen LogP contribution >= 0.6 is 15.9 Å². The van der Waals surface area contributed by atoms with E-state index in [4.69, 9.17) is 14.2 Å². The third-order valence-corrected chi connectivity index (χ3v) is 5.27. The fraction of sp³-hybridized carbons (Fsp3) is 0.208. The molecule has 0 saturated carbocycles. The van der Waals surface area contributed by atoms with Crippen molar-refractivity contribution < 1.29 is 24.1 Å². The van der Waals surface area contributed by atoms with Crippen molar-refractivity contribution >= 4 is 27.6 Å².